The van der Waals surface area contributed by atoms with E-state index in [-0.39, 0.29) is 11.9 Å². The molecule has 2 rings (SSSR count). The number of carbonyl (C=O) groups excluding carboxylic acids is 1. The fourth-order valence-corrected chi connectivity index (χ4v) is 2.12. The largest absolute Gasteiger partial charge is 0.309 e. The molecule has 74 valence electrons. The average Bonchev–Trinajstić information content (AvgIpc) is 2.42. The van der Waals surface area contributed by atoms with Gasteiger partial charge in [0.2, 0.25) is 5.91 Å². The smallest absolute Gasteiger partial charge is 0.231 e. The van der Waals surface area contributed by atoms with Crippen LogP contribution in [-0.2, 0) is 11.2 Å². The summed E-state index contributed by atoms with van der Waals surface area (Å²) in [6, 6.07) is 5.86. The molecule has 0 aromatic heterocycles. The summed E-state index contributed by atoms with van der Waals surface area (Å²) in [6.45, 7) is 4.02. The van der Waals surface area contributed by atoms with Gasteiger partial charge in [-0.25, -0.2) is 0 Å². The second-order valence-electron chi connectivity index (χ2n) is 3.77. The molecule has 1 heterocycles. The van der Waals surface area contributed by atoms with Crippen molar-refractivity contribution in [3.05, 3.63) is 28.8 Å². The molecule has 14 heavy (non-hydrogen) atoms. The molecular weight excluding hydrogens is 198 g/mol. The van der Waals surface area contributed by atoms with E-state index in [1.807, 2.05) is 32.0 Å². The lowest BCUT2D eigenvalue weighted by atomic mass is 10.1. The van der Waals surface area contributed by atoms with Crippen molar-refractivity contribution in [3.8, 4) is 0 Å². The molecular formula is C11H12ClNO. The van der Waals surface area contributed by atoms with E-state index in [0.29, 0.717) is 11.4 Å². The van der Waals surface area contributed by atoms with Gasteiger partial charge in [-0.15, -0.1) is 0 Å². The maximum atomic E-state index is 11.7. The van der Waals surface area contributed by atoms with E-state index in [1.54, 1.807) is 4.90 Å². The molecule has 1 aromatic carbocycles. The van der Waals surface area contributed by atoms with Gasteiger partial charge in [0.05, 0.1) is 6.42 Å². The van der Waals surface area contributed by atoms with Gasteiger partial charge >= 0.3 is 0 Å². The topological polar surface area (TPSA) is 20.3 Å². The monoisotopic (exact) mass is 209 g/mol. The van der Waals surface area contributed by atoms with E-state index < -0.39 is 0 Å². The molecule has 1 amide bonds. The summed E-state index contributed by atoms with van der Waals surface area (Å²) < 4.78 is 0. The predicted octanol–water partition coefficient (Wildman–Crippen LogP) is 2.64. The fraction of sp³-hybridized carbons (Fsp3) is 0.364. The molecule has 1 aliphatic rings. The first-order valence-electron chi connectivity index (χ1n) is 4.70. The maximum absolute atomic E-state index is 11.7. The Kier molecular flexibility index (Phi) is 2.23. The van der Waals surface area contributed by atoms with Gasteiger partial charge in [-0.3, -0.25) is 4.79 Å². The van der Waals surface area contributed by atoms with Crippen molar-refractivity contribution in [2.75, 3.05) is 4.90 Å². The molecule has 0 fully saturated rings. The number of rotatable bonds is 1. The molecule has 0 atom stereocenters. The van der Waals surface area contributed by atoms with Crippen molar-refractivity contribution in [2.24, 2.45) is 0 Å². The highest BCUT2D eigenvalue weighted by atomic mass is 35.5. The summed E-state index contributed by atoms with van der Waals surface area (Å²) >= 11 is 6.03. The van der Waals surface area contributed by atoms with Crippen LogP contribution >= 0.6 is 11.6 Å². The number of amides is 1. The van der Waals surface area contributed by atoms with E-state index >= 15 is 0 Å². The standard InChI is InChI=1S/C11H12ClNO/c1-7(2)13-10-5-3-4-9(12)8(10)6-11(13)14/h3-5,7H,6H2,1-2H3. The van der Waals surface area contributed by atoms with Crippen molar-refractivity contribution in [3.63, 3.8) is 0 Å². The minimum atomic E-state index is 0.142. The molecule has 0 spiro atoms. The van der Waals surface area contributed by atoms with Crippen LogP contribution in [0.2, 0.25) is 5.02 Å². The van der Waals surface area contributed by atoms with Crippen molar-refractivity contribution >= 4 is 23.2 Å². The summed E-state index contributed by atoms with van der Waals surface area (Å²) in [5.41, 5.74) is 1.94. The summed E-state index contributed by atoms with van der Waals surface area (Å²) in [5, 5.41) is 0.694. The van der Waals surface area contributed by atoms with Crippen LogP contribution in [0.1, 0.15) is 19.4 Å². The lowest BCUT2D eigenvalue weighted by Crippen LogP contribution is -2.33. The zero-order valence-electron chi connectivity index (χ0n) is 8.25. The summed E-state index contributed by atoms with van der Waals surface area (Å²) in [5.74, 6) is 0.142. The minimum absolute atomic E-state index is 0.142. The number of hydrogen-bond donors (Lipinski definition) is 0. The first-order valence-corrected chi connectivity index (χ1v) is 5.08. The Bertz CT molecular complexity index is 387. The Morgan fingerprint density at radius 2 is 2.14 bits per heavy atom. The first kappa shape index (κ1) is 9.53. The number of carbonyl (C=O) groups is 1. The second-order valence-corrected chi connectivity index (χ2v) is 4.18. The van der Waals surface area contributed by atoms with Gasteiger partial charge in [0, 0.05) is 22.3 Å². The zero-order valence-corrected chi connectivity index (χ0v) is 9.01. The van der Waals surface area contributed by atoms with Crippen LogP contribution in [0.25, 0.3) is 0 Å². The third-order valence-corrected chi connectivity index (χ3v) is 2.82. The van der Waals surface area contributed by atoms with E-state index in [1.165, 1.54) is 0 Å². The van der Waals surface area contributed by atoms with Crippen molar-refractivity contribution in [1.82, 2.24) is 0 Å². The number of fused-ring (bicyclic) bond motifs is 1. The summed E-state index contributed by atoms with van der Waals surface area (Å²) in [6.07, 6.45) is 0.438. The molecule has 3 heteroatoms. The lowest BCUT2D eigenvalue weighted by Gasteiger charge is -2.21. The van der Waals surface area contributed by atoms with Crippen LogP contribution in [0.4, 0.5) is 5.69 Å². The van der Waals surface area contributed by atoms with Gasteiger partial charge in [0.15, 0.2) is 0 Å². The highest BCUT2D eigenvalue weighted by molar-refractivity contribution is 6.32. The molecule has 1 aromatic rings. The Hall–Kier alpha value is -1.02. The molecule has 2 nitrogen and oxygen atoms in total. The molecule has 0 saturated carbocycles. The summed E-state index contributed by atoms with van der Waals surface area (Å²) in [4.78, 5) is 13.5. The van der Waals surface area contributed by atoms with Crippen LogP contribution in [0.15, 0.2) is 18.2 Å². The number of nitrogens with zero attached hydrogens (tertiary/aromatic N) is 1. The molecule has 0 unspecified atom stereocenters. The van der Waals surface area contributed by atoms with E-state index in [2.05, 4.69) is 0 Å². The van der Waals surface area contributed by atoms with Crippen LogP contribution in [0, 0.1) is 0 Å². The Morgan fingerprint density at radius 3 is 2.79 bits per heavy atom. The number of anilines is 1. The number of hydrogen-bond acceptors (Lipinski definition) is 1. The zero-order chi connectivity index (χ0) is 10.3. The molecule has 0 radical (unpaired) electrons. The van der Waals surface area contributed by atoms with Crippen LogP contribution in [-0.4, -0.2) is 11.9 Å². The van der Waals surface area contributed by atoms with E-state index in [0.717, 1.165) is 11.3 Å². The molecule has 0 bridgehead atoms. The van der Waals surface area contributed by atoms with Crippen LogP contribution in [0.3, 0.4) is 0 Å². The number of halogens is 1. The van der Waals surface area contributed by atoms with Gasteiger partial charge < -0.3 is 4.90 Å². The SMILES string of the molecule is CC(C)N1C(=O)Cc2c(Cl)cccc21. The molecule has 0 saturated heterocycles. The normalized spacial score (nSPS) is 15.1. The third kappa shape index (κ3) is 1.30. The number of benzene rings is 1. The Labute approximate surface area is 88.5 Å². The molecule has 0 N–H and O–H groups in total. The van der Waals surface area contributed by atoms with Gasteiger partial charge in [-0.05, 0) is 26.0 Å². The lowest BCUT2D eigenvalue weighted by molar-refractivity contribution is -0.117. The van der Waals surface area contributed by atoms with Crippen LogP contribution in [0.5, 0.6) is 0 Å². The minimum Gasteiger partial charge on any atom is -0.309 e. The van der Waals surface area contributed by atoms with Crippen molar-refractivity contribution in [2.45, 2.75) is 26.3 Å². The third-order valence-electron chi connectivity index (χ3n) is 2.47. The molecule has 0 aliphatic carbocycles. The van der Waals surface area contributed by atoms with Gasteiger partial charge in [-0.1, -0.05) is 17.7 Å². The molecule has 1 aliphatic heterocycles. The maximum Gasteiger partial charge on any atom is 0.231 e. The van der Waals surface area contributed by atoms with Gasteiger partial charge in [-0.2, -0.15) is 0 Å². The van der Waals surface area contributed by atoms with E-state index in [9.17, 15) is 4.79 Å². The second kappa shape index (κ2) is 3.28. The highest BCUT2D eigenvalue weighted by Gasteiger charge is 2.30. The van der Waals surface area contributed by atoms with Gasteiger partial charge in [0.1, 0.15) is 0 Å². The van der Waals surface area contributed by atoms with Gasteiger partial charge in [0.25, 0.3) is 0 Å². The first-order chi connectivity index (χ1) is 6.61. The predicted molar refractivity (Wildman–Crippen MR) is 57.8 cm³/mol. The summed E-state index contributed by atoms with van der Waals surface area (Å²) in [7, 11) is 0. The Morgan fingerprint density at radius 1 is 1.43 bits per heavy atom. The van der Waals surface area contributed by atoms with Crippen LogP contribution < -0.4 is 4.90 Å². The average molecular weight is 210 g/mol. The van der Waals surface area contributed by atoms with E-state index in [4.69, 9.17) is 11.6 Å². The quantitative estimate of drug-likeness (QED) is 0.697. The Balaban J connectivity index is 2.53. The highest BCUT2D eigenvalue weighted by Crippen LogP contribution is 2.34. The van der Waals surface area contributed by atoms with Crippen molar-refractivity contribution in [1.29, 1.82) is 0 Å². The van der Waals surface area contributed by atoms with Crippen molar-refractivity contribution < 1.29 is 4.79 Å². The fourth-order valence-electron chi connectivity index (χ4n) is 1.88.